The second-order valence-corrected chi connectivity index (χ2v) is 7.15. The lowest BCUT2D eigenvalue weighted by Crippen LogP contribution is -2.48. The highest BCUT2D eigenvalue weighted by Crippen LogP contribution is 2.33. The molecule has 0 aromatic heterocycles. The lowest BCUT2D eigenvalue weighted by Gasteiger charge is -2.37. The van der Waals surface area contributed by atoms with Crippen molar-refractivity contribution in [2.75, 3.05) is 19.0 Å². The molecule has 146 valence electrons. The summed E-state index contributed by atoms with van der Waals surface area (Å²) >= 11 is 11.6. The van der Waals surface area contributed by atoms with Gasteiger partial charge in [0.2, 0.25) is 0 Å². The topological polar surface area (TPSA) is 53.6 Å². The Balaban J connectivity index is 2.03. The van der Waals surface area contributed by atoms with Crippen LogP contribution in [0.15, 0.2) is 59.8 Å². The quantitative estimate of drug-likeness (QED) is 0.703. The summed E-state index contributed by atoms with van der Waals surface area (Å²) in [4.78, 5) is 15.2. The van der Waals surface area contributed by atoms with Gasteiger partial charge in [0.15, 0.2) is 5.11 Å². The summed E-state index contributed by atoms with van der Waals surface area (Å²) in [6.07, 6.45) is 0. The summed E-state index contributed by atoms with van der Waals surface area (Å²) in [6, 6.07) is 14.3. The van der Waals surface area contributed by atoms with E-state index in [2.05, 4.69) is 10.6 Å². The van der Waals surface area contributed by atoms with Crippen molar-refractivity contribution < 1.29 is 9.53 Å². The first-order valence-corrected chi connectivity index (χ1v) is 9.73. The fourth-order valence-corrected chi connectivity index (χ4v) is 3.81. The van der Waals surface area contributed by atoms with Crippen LogP contribution >= 0.6 is 23.8 Å². The standard InChI is InChI=1S/C21H22ClN3O2S/c1-4-25-13(2)18(20(26)23-16-7-5-6-8-17(16)27-3)19(24-21(25)28)14-9-11-15(22)12-10-14/h5-12,19H,4H2,1-3H3,(H,23,26)(H,24,28)/t19-/m1/s1. The zero-order valence-electron chi connectivity index (χ0n) is 16.0. The number of benzene rings is 2. The van der Waals surface area contributed by atoms with E-state index >= 15 is 0 Å². The number of ether oxygens (including phenoxy) is 1. The number of carbonyl (C=O) groups excluding carboxylic acids is 1. The highest BCUT2D eigenvalue weighted by atomic mass is 35.5. The minimum Gasteiger partial charge on any atom is -0.495 e. The minimum absolute atomic E-state index is 0.213. The summed E-state index contributed by atoms with van der Waals surface area (Å²) < 4.78 is 5.35. The van der Waals surface area contributed by atoms with Gasteiger partial charge in [-0.05, 0) is 55.9 Å². The van der Waals surface area contributed by atoms with E-state index in [0.717, 1.165) is 11.3 Å². The van der Waals surface area contributed by atoms with Crippen LogP contribution in [-0.4, -0.2) is 29.6 Å². The molecule has 1 amide bonds. The van der Waals surface area contributed by atoms with E-state index in [1.165, 1.54) is 0 Å². The van der Waals surface area contributed by atoms with Crippen LogP contribution in [0.25, 0.3) is 0 Å². The summed E-state index contributed by atoms with van der Waals surface area (Å²) in [5.74, 6) is 0.388. The van der Waals surface area contributed by atoms with E-state index in [9.17, 15) is 4.79 Å². The molecule has 5 nitrogen and oxygen atoms in total. The van der Waals surface area contributed by atoms with E-state index in [1.54, 1.807) is 25.3 Å². The number of nitrogens with one attached hydrogen (secondary N) is 2. The van der Waals surface area contributed by atoms with Crippen LogP contribution in [0.5, 0.6) is 5.75 Å². The van der Waals surface area contributed by atoms with Crippen LogP contribution in [0.4, 0.5) is 5.69 Å². The van der Waals surface area contributed by atoms with Crippen molar-refractivity contribution in [1.29, 1.82) is 0 Å². The van der Waals surface area contributed by atoms with Crippen molar-refractivity contribution in [3.05, 3.63) is 70.4 Å². The smallest absolute Gasteiger partial charge is 0.255 e. The molecule has 2 N–H and O–H groups in total. The second kappa shape index (κ2) is 8.63. The number of thiocarbonyl (C=S) groups is 1. The van der Waals surface area contributed by atoms with Crippen molar-refractivity contribution >= 4 is 40.5 Å². The molecular weight excluding hydrogens is 394 g/mol. The zero-order chi connectivity index (χ0) is 20.3. The summed E-state index contributed by atoms with van der Waals surface area (Å²) in [7, 11) is 1.57. The molecular formula is C21H22ClN3O2S. The first-order valence-electron chi connectivity index (χ1n) is 8.94. The summed E-state index contributed by atoms with van der Waals surface area (Å²) in [5, 5.41) is 7.50. The number of anilines is 1. The average Bonchev–Trinajstić information content (AvgIpc) is 2.68. The molecule has 0 fully saturated rings. The number of rotatable bonds is 5. The first-order chi connectivity index (χ1) is 13.5. The molecule has 0 bridgehead atoms. The molecule has 0 aliphatic carbocycles. The van der Waals surface area contributed by atoms with Gasteiger partial charge in [-0.15, -0.1) is 0 Å². The predicted octanol–water partition coefficient (Wildman–Crippen LogP) is 4.51. The Hall–Kier alpha value is -2.57. The van der Waals surface area contributed by atoms with Gasteiger partial charge in [0.05, 0.1) is 24.4 Å². The maximum Gasteiger partial charge on any atom is 0.255 e. The summed E-state index contributed by atoms with van der Waals surface area (Å²) in [5.41, 5.74) is 2.94. The molecule has 0 radical (unpaired) electrons. The number of allylic oxidation sites excluding steroid dienone is 1. The monoisotopic (exact) mass is 415 g/mol. The van der Waals surface area contributed by atoms with E-state index < -0.39 is 0 Å². The van der Waals surface area contributed by atoms with Crippen molar-refractivity contribution in [2.24, 2.45) is 0 Å². The van der Waals surface area contributed by atoms with Gasteiger partial charge in [-0.1, -0.05) is 35.9 Å². The van der Waals surface area contributed by atoms with E-state index in [4.69, 9.17) is 28.6 Å². The fourth-order valence-electron chi connectivity index (χ4n) is 3.30. The van der Waals surface area contributed by atoms with Crippen LogP contribution < -0.4 is 15.4 Å². The predicted molar refractivity (Wildman–Crippen MR) is 117 cm³/mol. The Labute approximate surface area is 175 Å². The number of nitrogens with zero attached hydrogens (tertiary/aromatic N) is 1. The van der Waals surface area contributed by atoms with Crippen molar-refractivity contribution in [1.82, 2.24) is 10.2 Å². The van der Waals surface area contributed by atoms with Gasteiger partial charge in [0, 0.05) is 17.3 Å². The molecule has 1 atom stereocenters. The molecule has 1 aliphatic heterocycles. The van der Waals surface area contributed by atoms with Crippen molar-refractivity contribution in [2.45, 2.75) is 19.9 Å². The third-order valence-electron chi connectivity index (χ3n) is 4.72. The van der Waals surface area contributed by atoms with Gasteiger partial charge < -0.3 is 20.3 Å². The third-order valence-corrected chi connectivity index (χ3v) is 5.31. The molecule has 28 heavy (non-hydrogen) atoms. The second-order valence-electron chi connectivity index (χ2n) is 6.33. The van der Waals surface area contributed by atoms with Crippen molar-refractivity contribution in [3.8, 4) is 5.75 Å². The molecule has 1 heterocycles. The number of methoxy groups -OCH3 is 1. The van der Waals surface area contributed by atoms with Crippen LogP contribution in [0, 0.1) is 0 Å². The lowest BCUT2D eigenvalue weighted by molar-refractivity contribution is -0.113. The lowest BCUT2D eigenvalue weighted by atomic mass is 9.94. The Morgan fingerprint density at radius 2 is 1.93 bits per heavy atom. The third kappa shape index (κ3) is 3.98. The van der Waals surface area contributed by atoms with Crippen LogP contribution in [-0.2, 0) is 4.79 Å². The molecule has 2 aromatic rings. The van der Waals surface area contributed by atoms with Crippen molar-refractivity contribution in [3.63, 3.8) is 0 Å². The summed E-state index contributed by atoms with van der Waals surface area (Å²) in [6.45, 7) is 4.57. The molecule has 2 aromatic carbocycles. The molecule has 7 heteroatoms. The Kier molecular flexibility index (Phi) is 6.21. The normalized spacial score (nSPS) is 16.6. The van der Waals surface area contributed by atoms with E-state index in [-0.39, 0.29) is 11.9 Å². The molecule has 0 unspecified atom stereocenters. The van der Waals surface area contributed by atoms with Gasteiger partial charge >= 0.3 is 0 Å². The van der Waals surface area contributed by atoms with E-state index in [0.29, 0.717) is 33.7 Å². The van der Waals surface area contributed by atoms with Gasteiger partial charge in [-0.3, -0.25) is 4.79 Å². The minimum atomic E-state index is -0.373. The maximum atomic E-state index is 13.3. The molecule has 0 spiro atoms. The van der Waals surface area contributed by atoms with E-state index in [1.807, 2.05) is 49.1 Å². The number of halogens is 1. The molecule has 0 saturated heterocycles. The van der Waals surface area contributed by atoms with Crippen LogP contribution in [0.3, 0.4) is 0 Å². The van der Waals surface area contributed by atoms with Crippen LogP contribution in [0.1, 0.15) is 25.5 Å². The number of carbonyl (C=O) groups is 1. The number of hydrogen-bond acceptors (Lipinski definition) is 3. The first kappa shape index (κ1) is 20.2. The Morgan fingerprint density at radius 3 is 2.57 bits per heavy atom. The Morgan fingerprint density at radius 1 is 1.25 bits per heavy atom. The van der Waals surface area contributed by atoms with Gasteiger partial charge in [-0.2, -0.15) is 0 Å². The SMILES string of the molecule is CCN1C(=S)N[C@H](c2ccc(Cl)cc2)C(C(=O)Nc2ccccc2OC)=C1C. The number of para-hydroxylation sites is 2. The van der Waals surface area contributed by atoms with Gasteiger partial charge in [0.1, 0.15) is 5.75 Å². The highest BCUT2D eigenvalue weighted by molar-refractivity contribution is 7.80. The number of hydrogen-bond donors (Lipinski definition) is 2. The highest BCUT2D eigenvalue weighted by Gasteiger charge is 2.33. The maximum absolute atomic E-state index is 13.3. The zero-order valence-corrected chi connectivity index (χ0v) is 17.5. The largest absolute Gasteiger partial charge is 0.495 e. The number of amides is 1. The van der Waals surface area contributed by atoms with Gasteiger partial charge in [0.25, 0.3) is 5.91 Å². The van der Waals surface area contributed by atoms with Gasteiger partial charge in [-0.25, -0.2) is 0 Å². The molecule has 0 saturated carbocycles. The Bertz CT molecular complexity index is 928. The molecule has 1 aliphatic rings. The molecule has 3 rings (SSSR count). The van der Waals surface area contributed by atoms with Crippen LogP contribution in [0.2, 0.25) is 5.02 Å². The fraction of sp³-hybridized carbons (Fsp3) is 0.238. The average molecular weight is 416 g/mol.